The van der Waals surface area contributed by atoms with E-state index < -0.39 is 24.0 Å². The molecule has 0 atom stereocenters. The van der Waals surface area contributed by atoms with Gasteiger partial charge in [0.25, 0.3) is 0 Å². The van der Waals surface area contributed by atoms with E-state index in [4.69, 9.17) is 5.11 Å². The fourth-order valence-corrected chi connectivity index (χ4v) is 2.17. The van der Waals surface area contributed by atoms with Crippen molar-refractivity contribution in [1.29, 1.82) is 0 Å². The van der Waals surface area contributed by atoms with Crippen molar-refractivity contribution in [2.75, 3.05) is 0 Å². The second-order valence-electron chi connectivity index (χ2n) is 3.16. The molecule has 1 heterocycles. The number of carbonyl (C=O) groups excluding carboxylic acids is 2. The van der Waals surface area contributed by atoms with Gasteiger partial charge in [0, 0.05) is 15.3 Å². The summed E-state index contributed by atoms with van der Waals surface area (Å²) in [5.74, 6) is -3.06. The van der Waals surface area contributed by atoms with Crippen LogP contribution in [0.1, 0.15) is 26.5 Å². The molecule has 0 saturated carbocycles. The maximum absolute atomic E-state index is 11.5. The largest absolute Gasteiger partial charge is 0.475 e. The molecular weight excluding hydrogens is 216 g/mol. The maximum Gasteiger partial charge on any atom is 0.372 e. The van der Waals surface area contributed by atoms with Crippen molar-refractivity contribution in [3.63, 3.8) is 0 Å². The third-order valence-corrected chi connectivity index (χ3v) is 2.87. The number of hydrogen-bond donors (Lipinski definition) is 1. The summed E-state index contributed by atoms with van der Waals surface area (Å²) in [5, 5.41) is 8.35. The van der Waals surface area contributed by atoms with Crippen molar-refractivity contribution in [1.82, 2.24) is 0 Å². The maximum atomic E-state index is 11.5. The first kappa shape index (κ1) is 11.6. The lowest BCUT2D eigenvalue weighted by Crippen LogP contribution is -2.17. The van der Waals surface area contributed by atoms with Gasteiger partial charge < -0.3 is 5.11 Å². The van der Waals surface area contributed by atoms with Crippen LogP contribution in [-0.4, -0.2) is 22.6 Å². The highest BCUT2D eigenvalue weighted by Gasteiger charge is 2.19. The number of carbonyl (C=O) groups is 3. The van der Waals surface area contributed by atoms with Gasteiger partial charge in [-0.2, -0.15) is 0 Å². The molecule has 0 bridgehead atoms. The van der Waals surface area contributed by atoms with Gasteiger partial charge in [-0.15, -0.1) is 11.3 Å². The van der Waals surface area contributed by atoms with Gasteiger partial charge in [0.2, 0.25) is 5.78 Å². The summed E-state index contributed by atoms with van der Waals surface area (Å²) >= 11 is 1.45. The van der Waals surface area contributed by atoms with E-state index in [2.05, 4.69) is 0 Å². The molecule has 4 nitrogen and oxygen atoms in total. The number of ketones is 2. The molecule has 1 N–H and O–H groups in total. The van der Waals surface area contributed by atoms with Gasteiger partial charge in [0.05, 0.1) is 6.42 Å². The molecule has 1 aromatic heterocycles. The summed E-state index contributed by atoms with van der Waals surface area (Å²) in [4.78, 5) is 34.4. The minimum atomic E-state index is -1.56. The van der Waals surface area contributed by atoms with Gasteiger partial charge in [0.15, 0.2) is 5.78 Å². The van der Waals surface area contributed by atoms with Crippen LogP contribution < -0.4 is 0 Å². The van der Waals surface area contributed by atoms with Crippen LogP contribution in [0.15, 0.2) is 6.07 Å². The first-order valence-electron chi connectivity index (χ1n) is 4.28. The van der Waals surface area contributed by atoms with Gasteiger partial charge in [-0.25, -0.2) is 4.79 Å². The number of carboxylic acid groups (broad SMARTS) is 1. The molecular formula is C10H10O4S. The Hall–Kier alpha value is -1.49. The molecule has 5 heteroatoms. The van der Waals surface area contributed by atoms with Crippen LogP contribution in [0, 0.1) is 13.8 Å². The van der Waals surface area contributed by atoms with E-state index in [1.54, 1.807) is 13.0 Å². The molecule has 0 aromatic carbocycles. The molecule has 1 aromatic rings. The normalized spacial score (nSPS) is 10.0. The smallest absolute Gasteiger partial charge is 0.372 e. The number of aliphatic carboxylic acids is 1. The van der Waals surface area contributed by atoms with Crippen LogP contribution >= 0.6 is 11.3 Å². The summed E-state index contributed by atoms with van der Waals surface area (Å²) in [6.45, 7) is 3.63. The van der Waals surface area contributed by atoms with Crippen molar-refractivity contribution in [2.45, 2.75) is 20.3 Å². The number of thiophene rings is 1. The lowest BCUT2D eigenvalue weighted by Gasteiger charge is -1.96. The lowest BCUT2D eigenvalue weighted by molar-refractivity contribution is -0.148. The van der Waals surface area contributed by atoms with Crippen molar-refractivity contribution >= 4 is 28.9 Å². The Kier molecular flexibility index (Phi) is 3.36. The number of Topliss-reactive ketones (excluding diaryl/α,β-unsaturated/α-hetero) is 2. The number of hydrogen-bond acceptors (Lipinski definition) is 4. The van der Waals surface area contributed by atoms with Gasteiger partial charge in [0.1, 0.15) is 0 Å². The Morgan fingerprint density at radius 2 is 1.93 bits per heavy atom. The zero-order chi connectivity index (χ0) is 11.6. The molecule has 0 aliphatic heterocycles. The van der Waals surface area contributed by atoms with Crippen LogP contribution in [0.25, 0.3) is 0 Å². The molecule has 0 fully saturated rings. The highest BCUT2D eigenvalue weighted by atomic mass is 32.1. The molecule has 1 rings (SSSR count). The van der Waals surface area contributed by atoms with E-state index in [-0.39, 0.29) is 0 Å². The van der Waals surface area contributed by atoms with E-state index >= 15 is 0 Å². The molecule has 15 heavy (non-hydrogen) atoms. The molecule has 0 unspecified atom stereocenters. The average molecular weight is 226 g/mol. The predicted molar refractivity (Wildman–Crippen MR) is 55.4 cm³/mol. The average Bonchev–Trinajstić information content (AvgIpc) is 2.44. The van der Waals surface area contributed by atoms with Gasteiger partial charge in [-0.3, -0.25) is 9.59 Å². The third kappa shape index (κ3) is 2.73. The van der Waals surface area contributed by atoms with Crippen molar-refractivity contribution in [2.24, 2.45) is 0 Å². The van der Waals surface area contributed by atoms with Crippen molar-refractivity contribution < 1.29 is 19.5 Å². The summed E-state index contributed by atoms with van der Waals surface area (Å²) in [6, 6.07) is 1.68. The van der Waals surface area contributed by atoms with Crippen LogP contribution in [0.3, 0.4) is 0 Å². The molecule has 0 aliphatic carbocycles. The van der Waals surface area contributed by atoms with Crippen LogP contribution in [0.2, 0.25) is 0 Å². The minimum absolute atomic E-state index is 0.427. The SMILES string of the molecule is Cc1cc(C(=O)CC(=O)C(=O)O)c(C)s1. The van der Waals surface area contributed by atoms with Gasteiger partial charge in [-0.05, 0) is 19.9 Å². The summed E-state index contributed by atoms with van der Waals surface area (Å²) in [6.07, 6.45) is -0.563. The summed E-state index contributed by atoms with van der Waals surface area (Å²) in [7, 11) is 0. The summed E-state index contributed by atoms with van der Waals surface area (Å²) < 4.78 is 0. The topological polar surface area (TPSA) is 71.4 Å². The molecule has 0 saturated heterocycles. The summed E-state index contributed by atoms with van der Waals surface area (Å²) in [5.41, 5.74) is 0.451. The van der Waals surface area contributed by atoms with Crippen LogP contribution in [0.4, 0.5) is 0 Å². The Bertz CT molecular complexity index is 431. The Labute approximate surface area is 90.5 Å². The molecule has 0 aliphatic rings. The molecule has 0 spiro atoms. The van der Waals surface area contributed by atoms with Gasteiger partial charge >= 0.3 is 5.97 Å². The highest BCUT2D eigenvalue weighted by Crippen LogP contribution is 2.21. The van der Waals surface area contributed by atoms with Crippen molar-refractivity contribution in [3.05, 3.63) is 21.4 Å². The zero-order valence-electron chi connectivity index (χ0n) is 8.36. The molecule has 0 radical (unpaired) electrons. The van der Waals surface area contributed by atoms with E-state index in [9.17, 15) is 14.4 Å². The van der Waals surface area contributed by atoms with Crippen molar-refractivity contribution in [3.8, 4) is 0 Å². The second-order valence-corrected chi connectivity index (χ2v) is 4.62. The Morgan fingerprint density at radius 1 is 1.33 bits per heavy atom. The fourth-order valence-electron chi connectivity index (χ4n) is 1.22. The highest BCUT2D eigenvalue weighted by molar-refractivity contribution is 7.12. The number of aryl methyl sites for hydroxylation is 2. The van der Waals surface area contributed by atoms with E-state index in [1.165, 1.54) is 11.3 Å². The second kappa shape index (κ2) is 4.35. The first-order chi connectivity index (χ1) is 6.91. The number of carboxylic acids is 1. The first-order valence-corrected chi connectivity index (χ1v) is 5.10. The number of rotatable bonds is 4. The van der Waals surface area contributed by atoms with E-state index in [0.717, 1.165) is 9.75 Å². The lowest BCUT2D eigenvalue weighted by atomic mass is 10.1. The van der Waals surface area contributed by atoms with E-state index in [1.807, 2.05) is 6.92 Å². The Balaban J connectivity index is 2.82. The minimum Gasteiger partial charge on any atom is -0.475 e. The quantitative estimate of drug-likeness (QED) is 0.481. The third-order valence-electron chi connectivity index (χ3n) is 1.90. The fraction of sp³-hybridized carbons (Fsp3) is 0.300. The van der Waals surface area contributed by atoms with Crippen LogP contribution in [-0.2, 0) is 9.59 Å². The zero-order valence-corrected chi connectivity index (χ0v) is 9.18. The standard InChI is InChI=1S/C10H10O4S/c1-5-3-7(6(2)15-5)8(11)4-9(12)10(13)14/h3H,4H2,1-2H3,(H,13,14). The van der Waals surface area contributed by atoms with Crippen LogP contribution in [0.5, 0.6) is 0 Å². The molecule has 80 valence electrons. The predicted octanol–water partition coefficient (Wildman–Crippen LogP) is 1.59. The van der Waals surface area contributed by atoms with Gasteiger partial charge in [-0.1, -0.05) is 0 Å². The monoisotopic (exact) mass is 226 g/mol. The van der Waals surface area contributed by atoms with E-state index in [0.29, 0.717) is 5.56 Å². The molecule has 0 amide bonds. The Morgan fingerprint density at radius 3 is 2.33 bits per heavy atom.